The highest BCUT2D eigenvalue weighted by atomic mass is 16.2. The fourth-order valence-electron chi connectivity index (χ4n) is 4.99. The van der Waals surface area contributed by atoms with Gasteiger partial charge in [-0.3, -0.25) is 9.36 Å². The molecule has 1 amide bonds. The highest BCUT2D eigenvalue weighted by Crippen LogP contribution is 2.44. The number of rotatable bonds is 3. The van der Waals surface area contributed by atoms with Crippen molar-refractivity contribution < 1.29 is 4.79 Å². The molecule has 1 aromatic carbocycles. The lowest BCUT2D eigenvalue weighted by molar-refractivity contribution is -0.133. The number of nitrogen functional groups attached to an aromatic ring is 1. The number of nitrogens with two attached hydrogens (primary N) is 1. The Labute approximate surface area is 167 Å². The van der Waals surface area contributed by atoms with Crippen LogP contribution in [0.25, 0.3) is 11.0 Å². The number of aryl methyl sites for hydroxylation is 2. The largest absolute Gasteiger partial charge is 0.368 e. The smallest absolute Gasteiger partial charge is 0.326 e. The van der Waals surface area contributed by atoms with Crippen LogP contribution in [0.2, 0.25) is 0 Å². The fraction of sp³-hybridized carbons (Fsp3) is 0.429. The maximum absolute atomic E-state index is 13.0. The third-order valence-corrected chi connectivity index (χ3v) is 6.42. The number of H-pyrrole nitrogens is 1. The predicted molar refractivity (Wildman–Crippen MR) is 109 cm³/mol. The van der Waals surface area contributed by atoms with Gasteiger partial charge in [0.15, 0.2) is 0 Å². The Kier molecular flexibility index (Phi) is 4.15. The molecule has 1 aliphatic carbocycles. The highest BCUT2D eigenvalue weighted by Gasteiger charge is 2.44. The number of carbonyl (C=O) groups excluding carboxylic acids is 1. The Morgan fingerprint density at radius 2 is 2.14 bits per heavy atom. The maximum Gasteiger partial charge on any atom is 0.326 e. The van der Waals surface area contributed by atoms with Gasteiger partial charge in [0, 0.05) is 37.7 Å². The number of carbonyl (C=O) groups is 1. The van der Waals surface area contributed by atoms with Crippen molar-refractivity contribution >= 4 is 22.9 Å². The Morgan fingerprint density at radius 1 is 1.28 bits per heavy atom. The van der Waals surface area contributed by atoms with E-state index < -0.39 is 0 Å². The van der Waals surface area contributed by atoms with Crippen LogP contribution in [0.3, 0.4) is 0 Å². The van der Waals surface area contributed by atoms with Crippen molar-refractivity contribution in [1.82, 2.24) is 24.4 Å². The number of anilines is 1. The van der Waals surface area contributed by atoms with Gasteiger partial charge in [-0.25, -0.2) is 14.8 Å². The monoisotopic (exact) mass is 392 g/mol. The molecule has 1 aliphatic heterocycles. The molecular weight excluding hydrogens is 368 g/mol. The van der Waals surface area contributed by atoms with Gasteiger partial charge in [0.1, 0.15) is 0 Å². The molecular formula is C21H24N6O2. The summed E-state index contributed by atoms with van der Waals surface area (Å²) in [6, 6.07) is 7.55. The van der Waals surface area contributed by atoms with Crippen LogP contribution in [-0.4, -0.2) is 43.4 Å². The summed E-state index contributed by atoms with van der Waals surface area (Å²) in [7, 11) is 0. The van der Waals surface area contributed by atoms with E-state index in [1.54, 1.807) is 4.57 Å². The van der Waals surface area contributed by atoms with Gasteiger partial charge in [0.25, 0.3) is 0 Å². The van der Waals surface area contributed by atoms with Gasteiger partial charge in [-0.05, 0) is 43.4 Å². The van der Waals surface area contributed by atoms with E-state index in [4.69, 9.17) is 5.73 Å². The number of aromatic nitrogens is 4. The van der Waals surface area contributed by atoms with Gasteiger partial charge in [0.2, 0.25) is 11.9 Å². The predicted octanol–water partition coefficient (Wildman–Crippen LogP) is 1.60. The van der Waals surface area contributed by atoms with Crippen LogP contribution in [0.15, 0.2) is 35.3 Å². The first-order chi connectivity index (χ1) is 14.1. The van der Waals surface area contributed by atoms with E-state index in [1.807, 2.05) is 35.4 Å². The van der Waals surface area contributed by atoms with Crippen LogP contribution in [0.4, 0.5) is 5.95 Å². The van der Waals surface area contributed by atoms with Crippen LogP contribution in [0, 0.1) is 0 Å². The number of hydrogen-bond acceptors (Lipinski definition) is 5. The average molecular weight is 392 g/mol. The fourth-order valence-corrected chi connectivity index (χ4v) is 4.99. The van der Waals surface area contributed by atoms with Crippen molar-refractivity contribution in [3.8, 4) is 0 Å². The van der Waals surface area contributed by atoms with Gasteiger partial charge < -0.3 is 15.6 Å². The van der Waals surface area contributed by atoms with E-state index in [1.165, 1.54) is 0 Å². The van der Waals surface area contributed by atoms with Crippen molar-refractivity contribution in [3.63, 3.8) is 0 Å². The van der Waals surface area contributed by atoms with Crippen molar-refractivity contribution in [2.75, 3.05) is 18.8 Å². The second-order valence-corrected chi connectivity index (χ2v) is 8.15. The molecule has 1 unspecified atom stereocenters. The summed E-state index contributed by atoms with van der Waals surface area (Å²) in [5.74, 6) is 0.379. The first-order valence-electron chi connectivity index (χ1n) is 10.1. The number of benzene rings is 1. The number of imidazole rings is 1. The Hall–Kier alpha value is -3.16. The Morgan fingerprint density at radius 3 is 3.03 bits per heavy atom. The number of nitrogens with zero attached hydrogens (tertiary/aromatic N) is 4. The summed E-state index contributed by atoms with van der Waals surface area (Å²) in [6.45, 7) is 1.79. The zero-order valence-electron chi connectivity index (χ0n) is 16.2. The minimum absolute atomic E-state index is 0.0803. The molecule has 0 bridgehead atoms. The molecule has 8 heteroatoms. The van der Waals surface area contributed by atoms with Gasteiger partial charge in [-0.2, -0.15) is 0 Å². The number of hydrogen-bond donors (Lipinski definition) is 2. The molecule has 0 saturated carbocycles. The third kappa shape index (κ3) is 2.99. The molecule has 3 N–H and O–H groups in total. The van der Waals surface area contributed by atoms with E-state index in [0.717, 1.165) is 54.5 Å². The minimum Gasteiger partial charge on any atom is -0.368 e. The average Bonchev–Trinajstić information content (AvgIpc) is 3.23. The molecule has 1 saturated heterocycles. The van der Waals surface area contributed by atoms with Crippen LogP contribution >= 0.6 is 0 Å². The summed E-state index contributed by atoms with van der Waals surface area (Å²) < 4.78 is 1.64. The normalized spacial score (nSPS) is 21.0. The molecule has 0 radical (unpaired) electrons. The maximum atomic E-state index is 13.0. The van der Waals surface area contributed by atoms with E-state index >= 15 is 0 Å². The zero-order valence-corrected chi connectivity index (χ0v) is 16.2. The molecule has 5 rings (SSSR count). The van der Waals surface area contributed by atoms with E-state index in [9.17, 15) is 9.59 Å². The molecule has 150 valence electrons. The second kappa shape index (κ2) is 6.72. The number of para-hydroxylation sites is 2. The second-order valence-electron chi connectivity index (χ2n) is 8.15. The molecule has 3 aromatic rings. The molecule has 1 atom stereocenters. The first kappa shape index (κ1) is 17.9. The summed E-state index contributed by atoms with van der Waals surface area (Å²) in [5.41, 5.74) is 9.35. The van der Waals surface area contributed by atoms with Crippen LogP contribution in [-0.2, 0) is 23.2 Å². The SMILES string of the molecule is Nc1ncc2c(n1)C1(CCCN(C(=O)CCn3c(=O)[nH]c4ccccc43)C1)CC2. The molecule has 29 heavy (non-hydrogen) atoms. The number of aromatic amines is 1. The van der Waals surface area contributed by atoms with Crippen LogP contribution in [0.5, 0.6) is 0 Å². The molecule has 2 aromatic heterocycles. The minimum atomic E-state index is -0.175. The first-order valence-corrected chi connectivity index (χ1v) is 10.1. The number of nitrogens with one attached hydrogen (secondary N) is 1. The van der Waals surface area contributed by atoms with E-state index in [2.05, 4.69) is 15.0 Å². The lowest BCUT2D eigenvalue weighted by Crippen LogP contribution is -2.48. The molecule has 1 fully saturated rings. The summed E-state index contributed by atoms with van der Waals surface area (Å²) in [4.78, 5) is 38.7. The molecule has 3 heterocycles. The molecule has 1 spiro atoms. The van der Waals surface area contributed by atoms with Crippen molar-refractivity contribution in [3.05, 3.63) is 52.2 Å². The highest BCUT2D eigenvalue weighted by molar-refractivity contribution is 5.78. The summed E-state index contributed by atoms with van der Waals surface area (Å²) in [5, 5.41) is 0. The van der Waals surface area contributed by atoms with Crippen LogP contribution < -0.4 is 11.4 Å². The van der Waals surface area contributed by atoms with Crippen molar-refractivity contribution in [1.29, 1.82) is 0 Å². The standard InChI is InChI=1S/C21H24N6O2/c22-19-23-12-14-6-9-21(18(14)25-19)8-3-10-26(13-21)17(28)7-11-27-16-5-2-1-4-15(16)24-20(27)29/h1-2,4-5,12H,3,6-11,13H2,(H,24,29)(H2,22,23,25). The van der Waals surface area contributed by atoms with Gasteiger partial charge in [-0.15, -0.1) is 0 Å². The zero-order chi connectivity index (χ0) is 20.0. The van der Waals surface area contributed by atoms with Crippen molar-refractivity contribution in [2.45, 2.75) is 44.1 Å². The lowest BCUT2D eigenvalue weighted by Gasteiger charge is -2.40. The third-order valence-electron chi connectivity index (χ3n) is 6.42. The number of fused-ring (bicyclic) bond motifs is 3. The lowest BCUT2D eigenvalue weighted by atomic mass is 9.77. The summed E-state index contributed by atoms with van der Waals surface area (Å²) in [6.07, 6.45) is 6.01. The topological polar surface area (TPSA) is 110 Å². The van der Waals surface area contributed by atoms with Gasteiger partial charge >= 0.3 is 5.69 Å². The van der Waals surface area contributed by atoms with Gasteiger partial charge in [-0.1, -0.05) is 12.1 Å². The van der Waals surface area contributed by atoms with Crippen LogP contribution in [0.1, 0.15) is 36.9 Å². The number of piperidine rings is 1. The Balaban J connectivity index is 1.33. The molecule has 2 aliphatic rings. The number of amides is 1. The van der Waals surface area contributed by atoms with E-state index in [0.29, 0.717) is 25.5 Å². The Bertz CT molecular complexity index is 1150. The van der Waals surface area contributed by atoms with Crippen molar-refractivity contribution in [2.24, 2.45) is 0 Å². The quantitative estimate of drug-likeness (QED) is 0.703. The van der Waals surface area contributed by atoms with E-state index in [-0.39, 0.29) is 17.0 Å². The molecule has 8 nitrogen and oxygen atoms in total. The summed E-state index contributed by atoms with van der Waals surface area (Å²) >= 11 is 0. The van der Waals surface area contributed by atoms with Gasteiger partial charge in [0.05, 0.1) is 16.7 Å². The number of likely N-dealkylation sites (tertiary alicyclic amines) is 1.